The lowest BCUT2D eigenvalue weighted by Crippen LogP contribution is -2.75. The van der Waals surface area contributed by atoms with Crippen LogP contribution >= 0.6 is 0 Å². The molecule has 0 spiro atoms. The first-order chi connectivity index (χ1) is 19.2. The first kappa shape index (κ1) is 27.1. The maximum absolute atomic E-state index is 13.6. The number of fused-ring (bicyclic) bond motifs is 2. The van der Waals surface area contributed by atoms with Gasteiger partial charge in [-0.25, -0.2) is 14.8 Å². The monoisotopic (exact) mass is 553 g/mol. The highest BCUT2D eigenvalue weighted by Gasteiger charge is 2.50. The predicted octanol–water partition coefficient (Wildman–Crippen LogP) is 1.23. The minimum absolute atomic E-state index is 0.0445. The minimum Gasteiger partial charge on any atom is -0.497 e. The fourth-order valence-corrected chi connectivity index (χ4v) is 5.25. The lowest BCUT2D eigenvalue weighted by atomic mass is 10.0. The van der Waals surface area contributed by atoms with Gasteiger partial charge in [-0.3, -0.25) is 14.4 Å². The number of piperazine rings is 1. The van der Waals surface area contributed by atoms with Crippen molar-refractivity contribution in [3.05, 3.63) is 53.6 Å². The number of carbonyl (C=O) groups excluding carboxylic acids is 3. The van der Waals surface area contributed by atoms with Crippen LogP contribution in [-0.4, -0.2) is 95.0 Å². The summed E-state index contributed by atoms with van der Waals surface area (Å²) in [6.07, 6.45) is -1.20. The molecule has 13 nitrogen and oxygen atoms in total. The molecule has 3 aliphatic heterocycles. The van der Waals surface area contributed by atoms with E-state index in [4.69, 9.17) is 14.2 Å². The fraction of sp³-hybridized carbons (Fsp3) is 0.407. The second-order valence-electron chi connectivity index (χ2n) is 9.80. The largest absolute Gasteiger partial charge is 0.497 e. The van der Waals surface area contributed by atoms with Crippen molar-refractivity contribution in [2.24, 2.45) is 0 Å². The number of rotatable bonds is 8. The average molecular weight is 554 g/mol. The lowest BCUT2D eigenvalue weighted by Gasteiger charge is -2.54. The lowest BCUT2D eigenvalue weighted by molar-refractivity contribution is -0.188. The number of nitrogens with zero attached hydrogens (tertiary/aromatic N) is 4. The SMILES string of the molecule is COc1ccc(CNC(=O)N2[C@H]3CN(Cc4ccc5c(c4)OCO5)C(=O)C(CCC(=O)O)N3C(=O)CN2C)cc1. The zero-order valence-electron chi connectivity index (χ0n) is 22.2. The summed E-state index contributed by atoms with van der Waals surface area (Å²) in [6, 6.07) is 11.1. The van der Waals surface area contributed by atoms with Gasteiger partial charge < -0.3 is 34.4 Å². The molecule has 4 amide bonds. The van der Waals surface area contributed by atoms with Crippen molar-refractivity contribution in [1.82, 2.24) is 25.1 Å². The number of carboxylic acids is 1. The molecular formula is C27H31N5O8. The molecule has 2 aromatic rings. The van der Waals surface area contributed by atoms with E-state index in [9.17, 15) is 24.3 Å². The van der Waals surface area contributed by atoms with Crippen molar-refractivity contribution in [1.29, 1.82) is 0 Å². The average Bonchev–Trinajstić information content (AvgIpc) is 3.40. The van der Waals surface area contributed by atoms with Crippen LogP contribution in [-0.2, 0) is 27.5 Å². The number of likely N-dealkylation sites (N-methyl/N-ethyl adjacent to an activating group) is 1. The van der Waals surface area contributed by atoms with Crippen LogP contribution in [0.3, 0.4) is 0 Å². The van der Waals surface area contributed by atoms with Crippen LogP contribution in [0.1, 0.15) is 24.0 Å². The number of carbonyl (C=O) groups is 4. The Morgan fingerprint density at radius 1 is 1.07 bits per heavy atom. The summed E-state index contributed by atoms with van der Waals surface area (Å²) >= 11 is 0. The number of hydrogen-bond donors (Lipinski definition) is 2. The van der Waals surface area contributed by atoms with Gasteiger partial charge in [0.1, 0.15) is 18.0 Å². The van der Waals surface area contributed by atoms with Crippen molar-refractivity contribution < 1.29 is 38.5 Å². The van der Waals surface area contributed by atoms with Crippen molar-refractivity contribution in [3.63, 3.8) is 0 Å². The molecule has 2 aromatic carbocycles. The maximum Gasteiger partial charge on any atom is 0.334 e. The van der Waals surface area contributed by atoms with E-state index in [1.165, 1.54) is 14.9 Å². The Bertz CT molecular complexity index is 1300. The van der Waals surface area contributed by atoms with Crippen LogP contribution in [0, 0.1) is 0 Å². The Kier molecular flexibility index (Phi) is 7.65. The van der Waals surface area contributed by atoms with Gasteiger partial charge in [0.15, 0.2) is 11.5 Å². The molecule has 5 rings (SSSR count). The highest BCUT2D eigenvalue weighted by Crippen LogP contribution is 2.34. The topological polar surface area (TPSA) is 141 Å². The summed E-state index contributed by atoms with van der Waals surface area (Å²) < 4.78 is 16.0. The highest BCUT2D eigenvalue weighted by molar-refractivity contribution is 5.91. The molecule has 0 bridgehead atoms. The highest BCUT2D eigenvalue weighted by atomic mass is 16.7. The molecule has 1 unspecified atom stereocenters. The molecule has 2 N–H and O–H groups in total. The molecule has 13 heteroatoms. The van der Waals surface area contributed by atoms with E-state index >= 15 is 0 Å². The molecule has 212 valence electrons. The first-order valence-corrected chi connectivity index (χ1v) is 12.9. The van der Waals surface area contributed by atoms with Gasteiger partial charge in [0.25, 0.3) is 0 Å². The number of carboxylic acid groups (broad SMARTS) is 1. The molecule has 0 saturated carbocycles. The number of hydrogen-bond acceptors (Lipinski definition) is 8. The smallest absolute Gasteiger partial charge is 0.334 e. The van der Waals surface area contributed by atoms with Gasteiger partial charge in [0.2, 0.25) is 18.6 Å². The van der Waals surface area contributed by atoms with Gasteiger partial charge in [-0.15, -0.1) is 0 Å². The van der Waals surface area contributed by atoms with E-state index < -0.39 is 24.2 Å². The summed E-state index contributed by atoms with van der Waals surface area (Å²) in [5, 5.41) is 15.2. The number of aliphatic carboxylic acids is 1. The number of methoxy groups -OCH3 is 1. The third-order valence-electron chi connectivity index (χ3n) is 7.19. The van der Waals surface area contributed by atoms with Crippen LogP contribution in [0.25, 0.3) is 0 Å². The van der Waals surface area contributed by atoms with Crippen LogP contribution in [0.2, 0.25) is 0 Å². The van der Waals surface area contributed by atoms with Crippen molar-refractivity contribution in [2.75, 3.05) is 34.0 Å². The zero-order chi connectivity index (χ0) is 28.4. The molecule has 3 aliphatic rings. The number of amides is 4. The predicted molar refractivity (Wildman–Crippen MR) is 139 cm³/mol. The molecule has 0 radical (unpaired) electrons. The third-order valence-corrected chi connectivity index (χ3v) is 7.19. The molecule has 40 heavy (non-hydrogen) atoms. The Labute approximate surface area is 230 Å². The van der Waals surface area contributed by atoms with Gasteiger partial charge in [0, 0.05) is 26.6 Å². The van der Waals surface area contributed by atoms with E-state index in [-0.39, 0.29) is 57.6 Å². The van der Waals surface area contributed by atoms with Crippen molar-refractivity contribution >= 4 is 23.8 Å². The maximum atomic E-state index is 13.6. The second kappa shape index (κ2) is 11.3. The Balaban J connectivity index is 1.39. The van der Waals surface area contributed by atoms with Gasteiger partial charge in [-0.2, -0.15) is 0 Å². The normalized spacial score (nSPS) is 20.4. The van der Waals surface area contributed by atoms with E-state index in [0.29, 0.717) is 17.2 Å². The number of benzene rings is 2. The van der Waals surface area contributed by atoms with Crippen molar-refractivity contribution in [3.8, 4) is 17.2 Å². The molecule has 0 aliphatic carbocycles. The van der Waals surface area contributed by atoms with Gasteiger partial charge in [0.05, 0.1) is 20.2 Å². The van der Waals surface area contributed by atoms with E-state index in [2.05, 4.69) is 5.32 Å². The van der Waals surface area contributed by atoms with Crippen LogP contribution in [0.4, 0.5) is 4.79 Å². The summed E-state index contributed by atoms with van der Waals surface area (Å²) in [5.74, 6) is 0.0798. The summed E-state index contributed by atoms with van der Waals surface area (Å²) in [4.78, 5) is 54.7. The number of hydrazine groups is 1. The van der Waals surface area contributed by atoms with Crippen LogP contribution < -0.4 is 19.5 Å². The van der Waals surface area contributed by atoms with Gasteiger partial charge in [-0.1, -0.05) is 18.2 Å². The Morgan fingerprint density at radius 2 is 1.80 bits per heavy atom. The third kappa shape index (κ3) is 5.45. The summed E-state index contributed by atoms with van der Waals surface area (Å²) in [7, 11) is 3.21. The molecule has 3 heterocycles. The molecule has 2 fully saturated rings. The first-order valence-electron chi connectivity index (χ1n) is 12.9. The fourth-order valence-electron chi connectivity index (χ4n) is 5.25. The van der Waals surface area contributed by atoms with Gasteiger partial charge in [-0.05, 0) is 41.8 Å². The van der Waals surface area contributed by atoms with Crippen molar-refractivity contribution in [2.45, 2.75) is 38.1 Å². The number of ether oxygens (including phenoxy) is 3. The molecule has 2 saturated heterocycles. The second-order valence-corrected chi connectivity index (χ2v) is 9.80. The minimum atomic E-state index is -1.08. The van der Waals surface area contributed by atoms with E-state index in [0.717, 1.165) is 11.1 Å². The van der Waals surface area contributed by atoms with Crippen LogP contribution in [0.5, 0.6) is 17.2 Å². The quantitative estimate of drug-likeness (QED) is 0.494. The zero-order valence-corrected chi connectivity index (χ0v) is 22.2. The standard InChI is InChI=1S/C27H31N5O8/c1-29-15-24(33)31-20(8-10-25(34)35)26(36)30(13-18-5-9-21-22(11-18)40-16-39-21)14-23(31)32(29)27(37)28-12-17-3-6-19(38-2)7-4-17/h3-7,9,11,20,23H,8,10,12-16H2,1-2H3,(H,28,37)(H,34,35)/t20?,23-/m0/s1. The molecule has 2 atom stereocenters. The van der Waals surface area contributed by atoms with E-state index in [1.54, 1.807) is 43.3 Å². The summed E-state index contributed by atoms with van der Waals surface area (Å²) in [5.41, 5.74) is 1.62. The van der Waals surface area contributed by atoms with Gasteiger partial charge >= 0.3 is 12.0 Å². The number of nitrogens with one attached hydrogen (secondary N) is 1. The summed E-state index contributed by atoms with van der Waals surface area (Å²) in [6.45, 7) is 0.442. The van der Waals surface area contributed by atoms with E-state index in [1.807, 2.05) is 18.2 Å². The Morgan fingerprint density at radius 3 is 2.52 bits per heavy atom. The molecule has 0 aromatic heterocycles. The Hall–Kier alpha value is -4.52. The van der Waals surface area contributed by atoms with Crippen LogP contribution in [0.15, 0.2) is 42.5 Å². The number of urea groups is 1. The molecular weight excluding hydrogens is 522 g/mol.